The number of nitrogens with one attached hydrogen (secondary N) is 1. The van der Waals surface area contributed by atoms with Crippen molar-refractivity contribution < 1.29 is 8.42 Å². The van der Waals surface area contributed by atoms with Crippen LogP contribution in [0.15, 0.2) is 17.0 Å². The van der Waals surface area contributed by atoms with Gasteiger partial charge in [0.15, 0.2) is 9.84 Å². The normalized spacial score (nSPS) is 16.9. The van der Waals surface area contributed by atoms with E-state index in [0.29, 0.717) is 15.5 Å². The summed E-state index contributed by atoms with van der Waals surface area (Å²) in [6.45, 7) is 5.22. The molecule has 0 radical (unpaired) electrons. The quantitative estimate of drug-likeness (QED) is 0.895. The van der Waals surface area contributed by atoms with Crippen molar-refractivity contribution in [2.24, 2.45) is 0 Å². The first kappa shape index (κ1) is 13.6. The van der Waals surface area contributed by atoms with Gasteiger partial charge in [-0.3, -0.25) is 0 Å². The molecule has 0 saturated carbocycles. The predicted octanol–water partition coefficient (Wildman–Crippen LogP) is 1.46. The number of anilines is 1. The van der Waals surface area contributed by atoms with E-state index in [1.54, 1.807) is 19.1 Å². The van der Waals surface area contributed by atoms with Crippen LogP contribution in [0.2, 0.25) is 5.02 Å². The van der Waals surface area contributed by atoms with Gasteiger partial charge in [0.25, 0.3) is 0 Å². The van der Waals surface area contributed by atoms with Gasteiger partial charge in [0, 0.05) is 32.4 Å². The molecule has 0 amide bonds. The molecule has 0 bridgehead atoms. The van der Waals surface area contributed by atoms with Crippen molar-refractivity contribution >= 4 is 27.1 Å². The lowest BCUT2D eigenvalue weighted by atomic mass is 10.2. The maximum Gasteiger partial charge on any atom is 0.175 e. The summed E-state index contributed by atoms with van der Waals surface area (Å²) in [7, 11) is -3.21. The number of hydrogen-bond donors (Lipinski definition) is 1. The van der Waals surface area contributed by atoms with Crippen LogP contribution in [0.3, 0.4) is 0 Å². The van der Waals surface area contributed by atoms with Crippen LogP contribution >= 0.6 is 11.6 Å². The molecule has 0 atom stereocenters. The zero-order valence-corrected chi connectivity index (χ0v) is 12.1. The SMILES string of the molecule is Cc1cc(Cl)c(N2CCNCC2)cc1S(C)(=O)=O. The standard InChI is InChI=1S/C12H17ClN2O2S/c1-9-7-10(13)11(8-12(9)18(2,16)17)15-5-3-14-4-6-15/h7-8,14H,3-6H2,1-2H3. The average Bonchev–Trinajstić information content (AvgIpc) is 2.28. The Morgan fingerprint density at radius 1 is 1.28 bits per heavy atom. The van der Waals surface area contributed by atoms with E-state index in [-0.39, 0.29) is 0 Å². The number of benzene rings is 1. The van der Waals surface area contributed by atoms with Gasteiger partial charge in [0.2, 0.25) is 0 Å². The number of halogens is 1. The monoisotopic (exact) mass is 288 g/mol. The molecular formula is C12H17ClN2O2S. The topological polar surface area (TPSA) is 49.4 Å². The number of nitrogens with zero attached hydrogens (tertiary/aromatic N) is 1. The first-order chi connectivity index (χ1) is 8.39. The van der Waals surface area contributed by atoms with E-state index in [1.165, 1.54) is 6.26 Å². The van der Waals surface area contributed by atoms with Gasteiger partial charge in [-0.25, -0.2) is 8.42 Å². The third-order valence-electron chi connectivity index (χ3n) is 3.10. The van der Waals surface area contributed by atoms with Crippen LogP contribution in [0.25, 0.3) is 0 Å². The first-order valence-corrected chi connectivity index (χ1v) is 8.12. The van der Waals surface area contributed by atoms with Crippen LogP contribution in [-0.2, 0) is 9.84 Å². The Kier molecular flexibility index (Phi) is 3.84. The molecular weight excluding hydrogens is 272 g/mol. The number of sulfone groups is 1. The molecule has 2 rings (SSSR count). The zero-order chi connectivity index (χ0) is 13.3. The van der Waals surface area contributed by atoms with Gasteiger partial charge in [0.1, 0.15) is 0 Å². The molecule has 0 aliphatic carbocycles. The smallest absolute Gasteiger partial charge is 0.175 e. The molecule has 1 aromatic rings. The molecule has 1 aliphatic heterocycles. The van der Waals surface area contributed by atoms with Crippen molar-refractivity contribution in [2.75, 3.05) is 37.3 Å². The number of rotatable bonds is 2. The minimum Gasteiger partial charge on any atom is -0.368 e. The molecule has 18 heavy (non-hydrogen) atoms. The maximum absolute atomic E-state index is 11.7. The van der Waals surface area contributed by atoms with Gasteiger partial charge in [-0.05, 0) is 24.6 Å². The van der Waals surface area contributed by atoms with E-state index in [9.17, 15) is 8.42 Å². The molecule has 0 spiro atoms. The Balaban J connectivity index is 2.47. The second kappa shape index (κ2) is 5.07. The molecule has 1 N–H and O–H groups in total. The zero-order valence-electron chi connectivity index (χ0n) is 10.5. The Morgan fingerprint density at radius 3 is 2.44 bits per heavy atom. The average molecular weight is 289 g/mol. The molecule has 1 aliphatic rings. The summed E-state index contributed by atoms with van der Waals surface area (Å²) in [4.78, 5) is 2.48. The fraction of sp³-hybridized carbons (Fsp3) is 0.500. The van der Waals surface area contributed by atoms with Crippen LogP contribution in [0.5, 0.6) is 0 Å². The molecule has 6 heteroatoms. The van der Waals surface area contributed by atoms with Crippen LogP contribution < -0.4 is 10.2 Å². The van der Waals surface area contributed by atoms with Crippen molar-refractivity contribution in [1.82, 2.24) is 5.32 Å². The van der Waals surface area contributed by atoms with E-state index in [1.807, 2.05) is 0 Å². The Bertz CT molecular complexity index is 551. The second-order valence-corrected chi connectivity index (χ2v) is 6.97. The second-order valence-electron chi connectivity index (χ2n) is 4.58. The van der Waals surface area contributed by atoms with Crippen molar-refractivity contribution in [3.05, 3.63) is 22.7 Å². The molecule has 0 unspecified atom stereocenters. The Morgan fingerprint density at radius 2 is 1.89 bits per heavy atom. The van der Waals surface area contributed by atoms with Gasteiger partial charge in [0.05, 0.1) is 15.6 Å². The maximum atomic E-state index is 11.7. The summed E-state index contributed by atoms with van der Waals surface area (Å²) in [6, 6.07) is 3.42. The lowest BCUT2D eigenvalue weighted by Crippen LogP contribution is -2.43. The first-order valence-electron chi connectivity index (χ1n) is 5.85. The minimum absolute atomic E-state index is 0.362. The molecule has 100 valence electrons. The summed E-state index contributed by atoms with van der Waals surface area (Å²) in [6.07, 6.45) is 1.23. The summed E-state index contributed by atoms with van der Waals surface area (Å²) >= 11 is 6.23. The highest BCUT2D eigenvalue weighted by molar-refractivity contribution is 7.90. The number of aryl methyl sites for hydroxylation is 1. The summed E-state index contributed by atoms with van der Waals surface area (Å²) < 4.78 is 23.5. The highest BCUT2D eigenvalue weighted by Gasteiger charge is 2.19. The van der Waals surface area contributed by atoms with E-state index in [2.05, 4.69) is 10.2 Å². The Hall–Kier alpha value is -0.780. The molecule has 1 aromatic carbocycles. The molecule has 0 aromatic heterocycles. The van der Waals surface area contributed by atoms with Gasteiger partial charge in [-0.1, -0.05) is 11.6 Å². The number of piperazine rings is 1. The van der Waals surface area contributed by atoms with E-state index in [0.717, 1.165) is 31.9 Å². The highest BCUT2D eigenvalue weighted by atomic mass is 35.5. The lowest BCUT2D eigenvalue weighted by molar-refractivity contribution is 0.588. The van der Waals surface area contributed by atoms with Crippen molar-refractivity contribution in [1.29, 1.82) is 0 Å². The van der Waals surface area contributed by atoms with Crippen LogP contribution in [-0.4, -0.2) is 40.9 Å². The lowest BCUT2D eigenvalue weighted by Gasteiger charge is -2.30. The van der Waals surface area contributed by atoms with Crippen LogP contribution in [0.4, 0.5) is 5.69 Å². The fourth-order valence-electron chi connectivity index (χ4n) is 2.19. The summed E-state index contributed by atoms with van der Waals surface area (Å²) in [5, 5.41) is 3.87. The van der Waals surface area contributed by atoms with Crippen LogP contribution in [0, 0.1) is 6.92 Å². The molecule has 1 fully saturated rings. The van der Waals surface area contributed by atoms with E-state index < -0.39 is 9.84 Å². The minimum atomic E-state index is -3.21. The fourth-order valence-corrected chi connectivity index (χ4v) is 3.50. The largest absolute Gasteiger partial charge is 0.368 e. The number of hydrogen-bond acceptors (Lipinski definition) is 4. The Labute approximate surface area is 113 Å². The van der Waals surface area contributed by atoms with Gasteiger partial charge in [-0.15, -0.1) is 0 Å². The van der Waals surface area contributed by atoms with Crippen molar-refractivity contribution in [3.8, 4) is 0 Å². The third kappa shape index (κ3) is 2.79. The van der Waals surface area contributed by atoms with Crippen LogP contribution in [0.1, 0.15) is 5.56 Å². The summed E-state index contributed by atoms with van der Waals surface area (Å²) in [5.74, 6) is 0. The van der Waals surface area contributed by atoms with Crippen molar-refractivity contribution in [3.63, 3.8) is 0 Å². The third-order valence-corrected chi connectivity index (χ3v) is 4.64. The van der Waals surface area contributed by atoms with Gasteiger partial charge in [-0.2, -0.15) is 0 Å². The van der Waals surface area contributed by atoms with E-state index >= 15 is 0 Å². The molecule has 1 saturated heterocycles. The van der Waals surface area contributed by atoms with Gasteiger partial charge < -0.3 is 10.2 Å². The molecule has 4 nitrogen and oxygen atoms in total. The van der Waals surface area contributed by atoms with Crippen molar-refractivity contribution in [2.45, 2.75) is 11.8 Å². The summed E-state index contributed by atoms with van der Waals surface area (Å²) in [5.41, 5.74) is 1.51. The van der Waals surface area contributed by atoms with E-state index in [4.69, 9.17) is 11.6 Å². The predicted molar refractivity (Wildman–Crippen MR) is 74.4 cm³/mol. The molecule has 1 heterocycles. The van der Waals surface area contributed by atoms with Gasteiger partial charge >= 0.3 is 0 Å². The highest BCUT2D eigenvalue weighted by Crippen LogP contribution is 2.31.